The van der Waals surface area contributed by atoms with Crippen LogP contribution in [-0.4, -0.2) is 66.8 Å². The van der Waals surface area contributed by atoms with Gasteiger partial charge in [0.05, 0.1) is 19.2 Å². The fourth-order valence-corrected chi connectivity index (χ4v) is 3.84. The molecule has 0 spiro atoms. The van der Waals surface area contributed by atoms with Crippen LogP contribution in [0.1, 0.15) is 36.5 Å². The second-order valence-electron chi connectivity index (χ2n) is 8.53. The molecule has 0 saturated carbocycles. The second-order valence-corrected chi connectivity index (χ2v) is 8.53. The summed E-state index contributed by atoms with van der Waals surface area (Å²) in [5.74, 6) is 1.82. The summed E-state index contributed by atoms with van der Waals surface area (Å²) in [7, 11) is 2.04. The Labute approximate surface area is 192 Å². The van der Waals surface area contributed by atoms with E-state index in [2.05, 4.69) is 59.3 Å². The summed E-state index contributed by atoms with van der Waals surface area (Å²) in [6, 6.07) is 16.8. The van der Waals surface area contributed by atoms with Crippen molar-refractivity contribution in [3.63, 3.8) is 0 Å². The highest BCUT2D eigenvalue weighted by Gasteiger charge is 2.16. The van der Waals surface area contributed by atoms with Crippen molar-refractivity contribution in [3.05, 3.63) is 65.2 Å². The number of guanidine groups is 1. The molecule has 1 aliphatic rings. The van der Waals surface area contributed by atoms with Crippen LogP contribution in [0.3, 0.4) is 0 Å². The summed E-state index contributed by atoms with van der Waals surface area (Å²) in [5.41, 5.74) is 3.66. The van der Waals surface area contributed by atoms with Crippen molar-refractivity contribution in [1.82, 2.24) is 15.1 Å². The average Bonchev–Trinajstić information content (AvgIpc) is 2.80. The first kappa shape index (κ1) is 24.1. The van der Waals surface area contributed by atoms with Crippen LogP contribution in [0.4, 0.5) is 0 Å². The third-order valence-corrected chi connectivity index (χ3v) is 5.87. The molecule has 0 radical (unpaired) electrons. The Balaban J connectivity index is 1.49. The number of aryl methyl sites for hydroxylation is 1. The number of piperidine rings is 1. The molecule has 6 heteroatoms. The number of hydrogen-bond donors (Lipinski definition) is 2. The van der Waals surface area contributed by atoms with Gasteiger partial charge in [0.2, 0.25) is 0 Å². The molecule has 174 valence electrons. The van der Waals surface area contributed by atoms with Crippen LogP contribution < -0.4 is 10.1 Å². The zero-order chi connectivity index (χ0) is 22.8. The van der Waals surface area contributed by atoms with E-state index < -0.39 is 0 Å². The molecule has 0 bridgehead atoms. The Hall–Kier alpha value is -2.57. The van der Waals surface area contributed by atoms with E-state index >= 15 is 0 Å². The number of aliphatic imine (C=N–C) groups is 1. The van der Waals surface area contributed by atoms with Crippen molar-refractivity contribution in [2.45, 2.75) is 45.9 Å². The highest BCUT2D eigenvalue weighted by atomic mass is 16.5. The highest BCUT2D eigenvalue weighted by molar-refractivity contribution is 5.79. The second kappa shape index (κ2) is 12.5. The van der Waals surface area contributed by atoms with E-state index in [-0.39, 0.29) is 6.10 Å². The van der Waals surface area contributed by atoms with E-state index in [1.807, 2.05) is 25.2 Å². The van der Waals surface area contributed by atoms with E-state index in [1.54, 1.807) is 0 Å². The number of rotatable bonds is 9. The van der Waals surface area contributed by atoms with E-state index in [0.717, 1.165) is 62.8 Å². The molecule has 0 unspecified atom stereocenters. The highest BCUT2D eigenvalue weighted by Crippen LogP contribution is 2.16. The SMILES string of the molecule is CCNC(=NCc1ccc(CN2CCC(O)CC2)cc1)N(C)CCOc1ccccc1C. The van der Waals surface area contributed by atoms with Gasteiger partial charge in [-0.2, -0.15) is 0 Å². The molecule has 0 amide bonds. The Kier molecular flexibility index (Phi) is 9.38. The summed E-state index contributed by atoms with van der Waals surface area (Å²) in [4.78, 5) is 9.34. The topological polar surface area (TPSA) is 60.3 Å². The van der Waals surface area contributed by atoms with Crippen molar-refractivity contribution in [3.8, 4) is 5.75 Å². The smallest absolute Gasteiger partial charge is 0.194 e. The van der Waals surface area contributed by atoms with Gasteiger partial charge < -0.3 is 20.1 Å². The van der Waals surface area contributed by atoms with E-state index in [4.69, 9.17) is 9.73 Å². The van der Waals surface area contributed by atoms with E-state index in [0.29, 0.717) is 13.2 Å². The Morgan fingerprint density at radius 1 is 1.12 bits per heavy atom. The summed E-state index contributed by atoms with van der Waals surface area (Å²) >= 11 is 0. The number of hydrogen-bond acceptors (Lipinski definition) is 4. The molecule has 1 heterocycles. The maximum absolute atomic E-state index is 9.67. The molecule has 1 saturated heterocycles. The first-order chi connectivity index (χ1) is 15.5. The predicted octanol–water partition coefficient (Wildman–Crippen LogP) is 3.43. The van der Waals surface area contributed by atoms with Crippen molar-refractivity contribution >= 4 is 5.96 Å². The van der Waals surface area contributed by atoms with Crippen LogP contribution >= 0.6 is 0 Å². The normalized spacial score (nSPS) is 15.6. The first-order valence-corrected chi connectivity index (χ1v) is 11.7. The quantitative estimate of drug-likeness (QED) is 0.464. The Morgan fingerprint density at radius 3 is 2.50 bits per heavy atom. The van der Waals surface area contributed by atoms with Gasteiger partial charge in [-0.05, 0) is 49.4 Å². The van der Waals surface area contributed by atoms with Crippen molar-refractivity contribution in [2.24, 2.45) is 4.99 Å². The molecular weight excluding hydrogens is 400 g/mol. The predicted molar refractivity (Wildman–Crippen MR) is 131 cm³/mol. The Morgan fingerprint density at radius 2 is 1.81 bits per heavy atom. The number of benzene rings is 2. The minimum atomic E-state index is -0.121. The summed E-state index contributed by atoms with van der Waals surface area (Å²) in [6.45, 7) is 9.86. The van der Waals surface area contributed by atoms with Gasteiger partial charge in [0, 0.05) is 33.2 Å². The Bertz CT molecular complexity index is 845. The zero-order valence-electron chi connectivity index (χ0n) is 19.8. The van der Waals surface area contributed by atoms with Gasteiger partial charge >= 0.3 is 0 Å². The molecule has 3 rings (SSSR count). The molecule has 1 fully saturated rings. The van der Waals surface area contributed by atoms with Crippen LogP contribution in [0.5, 0.6) is 5.75 Å². The lowest BCUT2D eigenvalue weighted by Gasteiger charge is -2.29. The molecule has 0 aromatic heterocycles. The van der Waals surface area contributed by atoms with Crippen molar-refractivity contribution in [1.29, 1.82) is 0 Å². The monoisotopic (exact) mass is 438 g/mol. The number of nitrogens with one attached hydrogen (secondary N) is 1. The zero-order valence-corrected chi connectivity index (χ0v) is 19.8. The molecule has 32 heavy (non-hydrogen) atoms. The maximum atomic E-state index is 9.67. The van der Waals surface area contributed by atoms with E-state index in [1.165, 1.54) is 11.1 Å². The lowest BCUT2D eigenvalue weighted by atomic mass is 10.1. The third kappa shape index (κ3) is 7.53. The maximum Gasteiger partial charge on any atom is 0.194 e. The lowest BCUT2D eigenvalue weighted by Crippen LogP contribution is -2.40. The minimum absolute atomic E-state index is 0.121. The van der Waals surface area contributed by atoms with Gasteiger partial charge in [0.1, 0.15) is 12.4 Å². The number of likely N-dealkylation sites (tertiary alicyclic amines) is 1. The van der Waals surface area contributed by atoms with Crippen molar-refractivity contribution < 1.29 is 9.84 Å². The molecular formula is C26H38N4O2. The van der Waals surface area contributed by atoms with Crippen LogP contribution in [-0.2, 0) is 13.1 Å². The van der Waals surface area contributed by atoms with Crippen molar-refractivity contribution in [2.75, 3.05) is 39.8 Å². The standard InChI is InChI=1S/C26H38N4O2/c1-4-27-26(29(3)17-18-32-25-8-6-5-7-21(25)2)28-19-22-9-11-23(12-10-22)20-30-15-13-24(31)14-16-30/h5-12,24,31H,4,13-20H2,1-3H3,(H,27,28). The molecule has 0 atom stereocenters. The number of aliphatic hydroxyl groups is 1. The fourth-order valence-electron chi connectivity index (χ4n) is 3.84. The molecule has 6 nitrogen and oxygen atoms in total. The lowest BCUT2D eigenvalue weighted by molar-refractivity contribution is 0.0792. The average molecular weight is 439 g/mol. The van der Waals surface area contributed by atoms with Crippen LogP contribution in [0.2, 0.25) is 0 Å². The third-order valence-electron chi connectivity index (χ3n) is 5.87. The van der Waals surface area contributed by atoms with Gasteiger partial charge in [-0.1, -0.05) is 42.5 Å². The largest absolute Gasteiger partial charge is 0.491 e. The van der Waals surface area contributed by atoms with Gasteiger partial charge in [-0.25, -0.2) is 4.99 Å². The van der Waals surface area contributed by atoms with Crippen LogP contribution in [0.15, 0.2) is 53.5 Å². The molecule has 0 aliphatic carbocycles. The van der Waals surface area contributed by atoms with Gasteiger partial charge in [0.15, 0.2) is 5.96 Å². The number of aliphatic hydroxyl groups excluding tert-OH is 1. The number of para-hydroxylation sites is 1. The summed E-state index contributed by atoms with van der Waals surface area (Å²) in [6.07, 6.45) is 1.64. The van der Waals surface area contributed by atoms with Gasteiger partial charge in [-0.3, -0.25) is 4.90 Å². The number of nitrogens with zero attached hydrogens (tertiary/aromatic N) is 3. The fraction of sp³-hybridized carbons (Fsp3) is 0.500. The molecule has 2 N–H and O–H groups in total. The van der Waals surface area contributed by atoms with Gasteiger partial charge in [-0.15, -0.1) is 0 Å². The molecule has 2 aromatic rings. The van der Waals surface area contributed by atoms with Gasteiger partial charge in [0.25, 0.3) is 0 Å². The molecule has 1 aliphatic heterocycles. The van der Waals surface area contributed by atoms with Crippen LogP contribution in [0.25, 0.3) is 0 Å². The number of likely N-dealkylation sites (N-methyl/N-ethyl adjacent to an activating group) is 1. The minimum Gasteiger partial charge on any atom is -0.491 e. The summed E-state index contributed by atoms with van der Waals surface area (Å²) < 4.78 is 5.94. The van der Waals surface area contributed by atoms with E-state index in [9.17, 15) is 5.11 Å². The molecule has 2 aromatic carbocycles. The first-order valence-electron chi connectivity index (χ1n) is 11.7. The number of ether oxygens (including phenoxy) is 1. The summed E-state index contributed by atoms with van der Waals surface area (Å²) in [5, 5.41) is 13.0. The van der Waals surface area contributed by atoms with Crippen LogP contribution in [0, 0.1) is 6.92 Å².